The van der Waals surface area contributed by atoms with Crippen LogP contribution in [-0.2, 0) is 16.2 Å². The van der Waals surface area contributed by atoms with E-state index in [4.69, 9.17) is 14.7 Å². The molecule has 0 spiro atoms. The summed E-state index contributed by atoms with van der Waals surface area (Å²) < 4.78 is 11.1. The normalized spacial score (nSPS) is 15.3. The number of amides is 6. The maximum atomic E-state index is 13.2. The maximum Gasteiger partial charge on any atom is 0.274 e. The van der Waals surface area contributed by atoms with E-state index in [0.29, 0.717) is 35.8 Å². The fourth-order valence-corrected chi connectivity index (χ4v) is 6.06. The first kappa shape index (κ1) is 36.5. The monoisotopic (exact) mass is 699 g/mol. The van der Waals surface area contributed by atoms with E-state index in [1.54, 1.807) is 54.0 Å². The van der Waals surface area contributed by atoms with Crippen LogP contribution in [-0.4, -0.2) is 71.8 Å². The second-order valence-electron chi connectivity index (χ2n) is 12.3. The smallest absolute Gasteiger partial charge is 0.274 e. The molecule has 14 heteroatoms. The Morgan fingerprint density at radius 2 is 1.55 bits per heavy atom. The summed E-state index contributed by atoms with van der Waals surface area (Å²) in [5, 5.41) is 17.3. The third-order valence-corrected chi connectivity index (χ3v) is 8.81. The Balaban J connectivity index is 0.959. The van der Waals surface area contributed by atoms with Crippen LogP contribution in [0.4, 0.5) is 5.69 Å². The number of anilines is 1. The van der Waals surface area contributed by atoms with Gasteiger partial charge >= 0.3 is 0 Å². The molecule has 2 aliphatic rings. The number of fused-ring (bicyclic) bond motifs is 1. The predicted octanol–water partition coefficient (Wildman–Crippen LogP) is 3.98. The molecule has 5 rings (SSSR count). The number of carbonyl (C=O) groups is 6. The first-order chi connectivity index (χ1) is 24.7. The van der Waals surface area contributed by atoms with Crippen molar-refractivity contribution in [1.82, 2.24) is 21.0 Å². The number of nitrogens with one attached hydrogen (secondary N) is 4. The minimum absolute atomic E-state index is 0.0726. The lowest BCUT2D eigenvalue weighted by Crippen LogP contribution is -2.54. The van der Waals surface area contributed by atoms with Crippen LogP contribution in [0.3, 0.4) is 0 Å². The van der Waals surface area contributed by atoms with Crippen LogP contribution in [0.15, 0.2) is 60.7 Å². The Kier molecular flexibility index (Phi) is 12.4. The second-order valence-corrected chi connectivity index (χ2v) is 12.3. The number of hydroxylamine groups is 1. The van der Waals surface area contributed by atoms with Crippen molar-refractivity contribution < 1.29 is 43.4 Å². The van der Waals surface area contributed by atoms with Crippen LogP contribution < -0.4 is 30.9 Å². The first-order valence-electron chi connectivity index (χ1n) is 16.9. The molecule has 3 aromatic carbocycles. The number of hydrogen-bond donors (Lipinski definition) is 5. The SMILES string of the molecule is COc1ccc(C(=O)NO)cc1OCc1ccc(C(=O)NCCCCCCCCNc2cccc3c2C(=O)N(C2CCC(=O)NC2=O)C3=O)cc1. The highest BCUT2D eigenvalue weighted by molar-refractivity contribution is 6.25. The molecule has 0 aromatic heterocycles. The van der Waals surface area contributed by atoms with Crippen LogP contribution in [0.1, 0.15) is 98.4 Å². The van der Waals surface area contributed by atoms with Gasteiger partial charge in [-0.15, -0.1) is 0 Å². The highest BCUT2D eigenvalue weighted by Gasteiger charge is 2.45. The van der Waals surface area contributed by atoms with Gasteiger partial charge in [-0.3, -0.25) is 44.2 Å². The van der Waals surface area contributed by atoms with Crippen LogP contribution in [0.2, 0.25) is 0 Å². The number of hydrogen-bond acceptors (Lipinski definition) is 10. The van der Waals surface area contributed by atoms with Crippen LogP contribution in [0.25, 0.3) is 0 Å². The summed E-state index contributed by atoms with van der Waals surface area (Å²) in [5.74, 6) is -2.15. The minimum atomic E-state index is -0.997. The summed E-state index contributed by atoms with van der Waals surface area (Å²) in [7, 11) is 1.48. The molecule has 5 N–H and O–H groups in total. The van der Waals surface area contributed by atoms with Gasteiger partial charge in [0.15, 0.2) is 11.5 Å². The number of nitrogens with zero attached hydrogens (tertiary/aromatic N) is 1. The average molecular weight is 700 g/mol. The van der Waals surface area contributed by atoms with Crippen LogP contribution in [0, 0.1) is 0 Å². The van der Waals surface area contributed by atoms with E-state index in [1.165, 1.54) is 19.2 Å². The molecular formula is C37H41N5O9. The third-order valence-electron chi connectivity index (χ3n) is 8.81. The zero-order valence-electron chi connectivity index (χ0n) is 28.3. The molecule has 1 fully saturated rings. The molecular weight excluding hydrogens is 658 g/mol. The average Bonchev–Trinajstić information content (AvgIpc) is 3.40. The lowest BCUT2D eigenvalue weighted by molar-refractivity contribution is -0.136. The number of piperidine rings is 1. The van der Waals surface area contributed by atoms with Crippen molar-refractivity contribution in [3.63, 3.8) is 0 Å². The van der Waals surface area contributed by atoms with E-state index >= 15 is 0 Å². The highest BCUT2D eigenvalue weighted by Crippen LogP contribution is 2.32. The van der Waals surface area contributed by atoms with Crippen LogP contribution >= 0.6 is 0 Å². The zero-order valence-corrected chi connectivity index (χ0v) is 28.3. The van der Waals surface area contributed by atoms with E-state index in [-0.39, 0.29) is 42.0 Å². The molecule has 51 heavy (non-hydrogen) atoms. The number of methoxy groups -OCH3 is 1. The molecule has 0 saturated carbocycles. The standard InChI is InChI=1S/C37H41N5O9/c1-50-29-17-15-25(34(45)41-49)21-30(29)51-22-23-11-13-24(14-12-23)33(44)39-20-7-5-3-2-4-6-19-38-27-10-8-9-26-32(27)37(48)42(36(26)47)28-16-18-31(43)40-35(28)46/h8-15,17,21,28,38,49H,2-7,16,18-20,22H2,1H3,(H,39,44)(H,41,45)(H,40,43,46). The van der Waals surface area contributed by atoms with Gasteiger partial charge in [-0.05, 0) is 67.3 Å². The van der Waals surface area contributed by atoms with Crippen molar-refractivity contribution in [2.24, 2.45) is 0 Å². The van der Waals surface area contributed by atoms with Gasteiger partial charge in [0.05, 0.1) is 18.2 Å². The van der Waals surface area contributed by atoms with Crippen molar-refractivity contribution in [2.75, 3.05) is 25.5 Å². The second kappa shape index (κ2) is 17.3. The van der Waals surface area contributed by atoms with E-state index in [2.05, 4.69) is 16.0 Å². The summed E-state index contributed by atoms with van der Waals surface area (Å²) >= 11 is 0. The summed E-state index contributed by atoms with van der Waals surface area (Å²) in [6.07, 6.45) is 5.85. The highest BCUT2D eigenvalue weighted by atomic mass is 16.5. The van der Waals surface area contributed by atoms with Crippen molar-refractivity contribution in [3.8, 4) is 11.5 Å². The summed E-state index contributed by atoms with van der Waals surface area (Å²) in [6, 6.07) is 15.6. The molecule has 3 aromatic rings. The van der Waals surface area contributed by atoms with Gasteiger partial charge in [-0.2, -0.15) is 0 Å². The van der Waals surface area contributed by atoms with Gasteiger partial charge in [-0.25, -0.2) is 5.48 Å². The predicted molar refractivity (Wildman–Crippen MR) is 185 cm³/mol. The number of unbranched alkanes of at least 4 members (excludes halogenated alkanes) is 5. The van der Waals surface area contributed by atoms with E-state index in [9.17, 15) is 28.8 Å². The third kappa shape index (κ3) is 8.89. The van der Waals surface area contributed by atoms with Gasteiger partial charge in [0.25, 0.3) is 23.6 Å². The molecule has 0 radical (unpaired) electrons. The summed E-state index contributed by atoms with van der Waals surface area (Å²) in [4.78, 5) is 75.4. The summed E-state index contributed by atoms with van der Waals surface area (Å²) in [6.45, 7) is 1.35. The largest absolute Gasteiger partial charge is 0.493 e. The van der Waals surface area contributed by atoms with E-state index in [0.717, 1.165) is 49.0 Å². The van der Waals surface area contributed by atoms with Gasteiger partial charge in [0.2, 0.25) is 11.8 Å². The lowest BCUT2D eigenvalue weighted by Gasteiger charge is -2.27. The van der Waals surface area contributed by atoms with E-state index in [1.807, 2.05) is 0 Å². The van der Waals surface area contributed by atoms with Gasteiger partial charge in [0, 0.05) is 36.3 Å². The Bertz CT molecular complexity index is 1790. The fraction of sp³-hybridized carbons (Fsp3) is 0.351. The number of benzene rings is 3. The Morgan fingerprint density at radius 1 is 0.843 bits per heavy atom. The Hall–Kier alpha value is -5.76. The Labute approximate surface area is 294 Å². The number of rotatable bonds is 17. The molecule has 1 atom stereocenters. The molecule has 0 bridgehead atoms. The Morgan fingerprint density at radius 3 is 2.25 bits per heavy atom. The first-order valence-corrected chi connectivity index (χ1v) is 16.9. The zero-order chi connectivity index (χ0) is 36.3. The number of imide groups is 2. The molecule has 1 unspecified atom stereocenters. The maximum absolute atomic E-state index is 13.2. The number of ether oxygens (including phenoxy) is 2. The van der Waals surface area contributed by atoms with Gasteiger partial charge < -0.3 is 20.1 Å². The quantitative estimate of drug-likeness (QED) is 0.0596. The fourth-order valence-electron chi connectivity index (χ4n) is 6.06. The van der Waals surface area contributed by atoms with Crippen molar-refractivity contribution in [2.45, 2.75) is 64.0 Å². The molecule has 268 valence electrons. The van der Waals surface area contributed by atoms with Gasteiger partial charge in [0.1, 0.15) is 12.6 Å². The van der Waals surface area contributed by atoms with E-state index < -0.39 is 35.6 Å². The molecule has 2 aliphatic heterocycles. The molecule has 14 nitrogen and oxygen atoms in total. The minimum Gasteiger partial charge on any atom is -0.493 e. The molecule has 2 heterocycles. The molecule has 1 saturated heterocycles. The van der Waals surface area contributed by atoms with Crippen molar-refractivity contribution >= 4 is 41.1 Å². The lowest BCUT2D eigenvalue weighted by atomic mass is 10.0. The molecule has 0 aliphatic carbocycles. The topological polar surface area (TPSA) is 192 Å². The molecule has 6 amide bonds. The number of carbonyl (C=O) groups excluding carboxylic acids is 6. The van der Waals surface area contributed by atoms with Crippen molar-refractivity contribution in [3.05, 3.63) is 88.5 Å². The van der Waals surface area contributed by atoms with Gasteiger partial charge in [-0.1, -0.05) is 43.9 Å². The van der Waals surface area contributed by atoms with Crippen molar-refractivity contribution in [1.29, 1.82) is 0 Å². The summed E-state index contributed by atoms with van der Waals surface area (Å²) in [5.41, 5.74) is 4.21. The van der Waals surface area contributed by atoms with Crippen LogP contribution in [0.5, 0.6) is 11.5 Å².